The Morgan fingerprint density at radius 1 is 1.20 bits per heavy atom. The average molecular weight is 235 g/mol. The summed E-state index contributed by atoms with van der Waals surface area (Å²) in [6.07, 6.45) is 0. The molecule has 0 spiro atoms. The molecule has 74 valence electrons. The third-order valence-corrected chi connectivity index (χ3v) is 3.81. The van der Waals surface area contributed by atoms with Crippen LogP contribution in [0.5, 0.6) is 0 Å². The van der Waals surface area contributed by atoms with Crippen molar-refractivity contribution < 1.29 is 4.52 Å². The highest BCUT2D eigenvalue weighted by Crippen LogP contribution is 2.23. The minimum Gasteiger partial charge on any atom is -0.355 e. The fraction of sp³-hybridized carbons (Fsp3) is 0. The average Bonchev–Trinajstić information content (AvgIpc) is 2.87. The Balaban J connectivity index is 2.38. The van der Waals surface area contributed by atoms with Gasteiger partial charge in [0, 0.05) is 0 Å². The molecule has 0 unspecified atom stereocenters. The van der Waals surface area contributed by atoms with Gasteiger partial charge in [-0.25, -0.2) is 0 Å². The van der Waals surface area contributed by atoms with E-state index < -0.39 is 0 Å². The van der Waals surface area contributed by atoms with Crippen molar-refractivity contribution in [3.8, 4) is 10.6 Å². The number of hydrogen-bond donors (Lipinski definition) is 0. The second-order valence-electron chi connectivity index (χ2n) is 2.95. The van der Waals surface area contributed by atoms with E-state index in [4.69, 9.17) is 4.52 Å². The molecule has 5 heteroatoms. The van der Waals surface area contributed by atoms with Crippen molar-refractivity contribution >= 4 is 33.0 Å². The number of rotatable bonds is 1. The maximum atomic E-state index is 12.0. The molecule has 0 aromatic carbocycles. The van der Waals surface area contributed by atoms with Crippen molar-refractivity contribution in [3.05, 3.63) is 39.2 Å². The molecule has 0 saturated carbocycles. The summed E-state index contributed by atoms with van der Waals surface area (Å²) in [5, 5.41) is 7.59. The smallest absolute Gasteiger partial charge is 0.230 e. The quantitative estimate of drug-likeness (QED) is 0.651. The van der Waals surface area contributed by atoms with Crippen molar-refractivity contribution in [2.24, 2.45) is 0 Å². The van der Waals surface area contributed by atoms with Crippen molar-refractivity contribution in [2.45, 2.75) is 0 Å². The molecule has 0 atom stereocenters. The van der Waals surface area contributed by atoms with Crippen LogP contribution in [0.25, 0.3) is 20.9 Å². The first-order valence-corrected chi connectivity index (χ1v) is 6.03. The predicted octanol–water partition coefficient (Wildman–Crippen LogP) is 2.98. The summed E-state index contributed by atoms with van der Waals surface area (Å²) in [5.41, 5.74) is 0.916. The van der Waals surface area contributed by atoms with Gasteiger partial charge in [-0.2, -0.15) is 0 Å². The lowest BCUT2D eigenvalue weighted by atomic mass is 10.3. The Hall–Kier alpha value is -1.46. The summed E-state index contributed by atoms with van der Waals surface area (Å²) < 4.78 is 5.79. The van der Waals surface area contributed by atoms with E-state index in [-0.39, 0.29) is 5.43 Å². The van der Waals surface area contributed by atoms with E-state index in [0.717, 1.165) is 4.88 Å². The van der Waals surface area contributed by atoms with E-state index in [1.807, 2.05) is 22.9 Å². The number of fused-ring (bicyclic) bond motifs is 1. The summed E-state index contributed by atoms with van der Waals surface area (Å²) in [7, 11) is 0. The molecule has 0 aliphatic rings. The molecule has 0 amide bonds. The third-order valence-electron chi connectivity index (χ3n) is 2.04. The first-order valence-electron chi connectivity index (χ1n) is 4.27. The van der Waals surface area contributed by atoms with E-state index in [9.17, 15) is 4.79 Å². The fourth-order valence-electron chi connectivity index (χ4n) is 1.35. The standard InChI is InChI=1S/C10H5NO2S2/c12-9-8(7-2-1-4-14-7)11-13-6-3-5-15-10(6)9/h1-5H. The lowest BCUT2D eigenvalue weighted by Crippen LogP contribution is -2.04. The molecule has 3 aromatic rings. The maximum Gasteiger partial charge on any atom is 0.230 e. The molecule has 0 bridgehead atoms. The number of thiophene rings is 2. The molecule has 3 nitrogen and oxygen atoms in total. The SMILES string of the molecule is O=c1c(-c2cccs2)noc2ccsc12. The molecule has 0 aliphatic heterocycles. The third kappa shape index (κ3) is 1.32. The topological polar surface area (TPSA) is 43.1 Å². The van der Waals surface area contributed by atoms with Crippen molar-refractivity contribution in [3.63, 3.8) is 0 Å². The summed E-state index contributed by atoms with van der Waals surface area (Å²) in [6, 6.07) is 5.51. The van der Waals surface area contributed by atoms with Gasteiger partial charge in [-0.15, -0.1) is 22.7 Å². The van der Waals surface area contributed by atoms with Crippen LogP contribution in [-0.2, 0) is 0 Å². The minimum absolute atomic E-state index is 0.0475. The van der Waals surface area contributed by atoms with Gasteiger partial charge in [0.2, 0.25) is 5.43 Å². The molecule has 0 radical (unpaired) electrons. The molecule has 15 heavy (non-hydrogen) atoms. The predicted molar refractivity (Wildman–Crippen MR) is 61.5 cm³/mol. The normalized spacial score (nSPS) is 10.9. The molecule has 3 aromatic heterocycles. The van der Waals surface area contributed by atoms with Crippen LogP contribution in [0.4, 0.5) is 0 Å². The molecule has 0 fully saturated rings. The lowest BCUT2D eigenvalue weighted by Gasteiger charge is -1.93. The highest BCUT2D eigenvalue weighted by atomic mass is 32.1. The van der Waals surface area contributed by atoms with Gasteiger partial charge in [0.05, 0.1) is 4.88 Å². The van der Waals surface area contributed by atoms with Gasteiger partial charge in [-0.1, -0.05) is 11.2 Å². The van der Waals surface area contributed by atoms with Crippen LogP contribution in [0.2, 0.25) is 0 Å². The Morgan fingerprint density at radius 3 is 2.93 bits per heavy atom. The fourth-order valence-corrected chi connectivity index (χ4v) is 2.80. The van der Waals surface area contributed by atoms with E-state index in [0.29, 0.717) is 16.0 Å². The number of hydrogen-bond acceptors (Lipinski definition) is 5. The Kier molecular flexibility index (Phi) is 1.93. The highest BCUT2D eigenvalue weighted by Gasteiger charge is 2.12. The Labute approximate surface area is 92.6 Å². The zero-order valence-electron chi connectivity index (χ0n) is 7.47. The largest absolute Gasteiger partial charge is 0.355 e. The molecule has 0 saturated heterocycles. The van der Waals surface area contributed by atoms with Crippen LogP contribution in [0.15, 0.2) is 38.3 Å². The van der Waals surface area contributed by atoms with Gasteiger partial charge >= 0.3 is 0 Å². The van der Waals surface area contributed by atoms with Crippen molar-refractivity contribution in [2.75, 3.05) is 0 Å². The Morgan fingerprint density at radius 2 is 2.13 bits per heavy atom. The van der Waals surface area contributed by atoms with Crippen LogP contribution in [0.3, 0.4) is 0 Å². The minimum atomic E-state index is -0.0475. The summed E-state index contributed by atoms with van der Waals surface area (Å²) in [6.45, 7) is 0. The van der Waals surface area contributed by atoms with Crippen LogP contribution in [0, 0.1) is 0 Å². The molecular formula is C10H5NO2S2. The van der Waals surface area contributed by atoms with E-state index >= 15 is 0 Å². The van der Waals surface area contributed by atoms with Crippen molar-refractivity contribution in [1.82, 2.24) is 5.16 Å². The molecule has 0 aliphatic carbocycles. The van der Waals surface area contributed by atoms with Crippen LogP contribution in [-0.4, -0.2) is 5.16 Å². The van der Waals surface area contributed by atoms with Crippen LogP contribution >= 0.6 is 22.7 Å². The maximum absolute atomic E-state index is 12.0. The molecular weight excluding hydrogens is 230 g/mol. The van der Waals surface area contributed by atoms with Gasteiger partial charge in [0.25, 0.3) is 0 Å². The van der Waals surface area contributed by atoms with Gasteiger partial charge in [0.1, 0.15) is 4.70 Å². The summed E-state index contributed by atoms with van der Waals surface area (Å²) in [4.78, 5) is 12.8. The number of aromatic nitrogens is 1. The highest BCUT2D eigenvalue weighted by molar-refractivity contribution is 7.17. The first kappa shape index (κ1) is 8.82. The van der Waals surface area contributed by atoms with E-state index in [2.05, 4.69) is 5.16 Å². The van der Waals surface area contributed by atoms with Gasteiger partial charge in [0.15, 0.2) is 11.3 Å². The first-order chi connectivity index (χ1) is 7.36. The van der Waals surface area contributed by atoms with E-state index in [1.54, 1.807) is 6.07 Å². The molecule has 0 N–H and O–H groups in total. The van der Waals surface area contributed by atoms with Crippen molar-refractivity contribution in [1.29, 1.82) is 0 Å². The molecule has 3 rings (SSSR count). The number of nitrogens with zero attached hydrogens (tertiary/aromatic N) is 1. The van der Waals surface area contributed by atoms with Gasteiger partial charge in [-0.3, -0.25) is 4.79 Å². The summed E-state index contributed by atoms with van der Waals surface area (Å²) >= 11 is 2.87. The summed E-state index contributed by atoms with van der Waals surface area (Å²) in [5.74, 6) is 0. The van der Waals surface area contributed by atoms with Gasteiger partial charge < -0.3 is 4.52 Å². The lowest BCUT2D eigenvalue weighted by molar-refractivity contribution is 0.446. The monoisotopic (exact) mass is 235 g/mol. The molecule has 3 heterocycles. The second-order valence-corrected chi connectivity index (χ2v) is 4.82. The van der Waals surface area contributed by atoms with E-state index in [1.165, 1.54) is 22.7 Å². The Bertz CT molecular complexity index is 651. The van der Waals surface area contributed by atoms with Crippen LogP contribution < -0.4 is 5.43 Å². The van der Waals surface area contributed by atoms with Crippen LogP contribution in [0.1, 0.15) is 0 Å². The zero-order valence-corrected chi connectivity index (χ0v) is 9.10. The van der Waals surface area contributed by atoms with Gasteiger partial charge in [-0.05, 0) is 22.9 Å². The second kappa shape index (κ2) is 3.29. The zero-order chi connectivity index (χ0) is 10.3.